The molecule has 4 rings (SSSR count). The molecule has 1 aliphatic carbocycles. The maximum Gasteiger partial charge on any atom is 0.166 e. The fraction of sp³-hybridized carbons (Fsp3) is 0.231. The molecule has 0 unspecified atom stereocenters. The Hall–Kier alpha value is -3.24. The van der Waals surface area contributed by atoms with Crippen molar-refractivity contribution in [3.05, 3.63) is 82.4 Å². The van der Waals surface area contributed by atoms with E-state index in [-0.39, 0.29) is 22.8 Å². The normalized spacial score (nSPS) is 18.5. The van der Waals surface area contributed by atoms with E-state index in [4.69, 9.17) is 6.42 Å². The molecule has 3 aromatic rings. The molecule has 0 bridgehead atoms. The second-order valence-corrected chi connectivity index (χ2v) is 7.62. The van der Waals surface area contributed by atoms with Gasteiger partial charge >= 0.3 is 0 Å². The first-order valence-electron chi connectivity index (χ1n) is 9.81. The predicted octanol–water partition coefficient (Wildman–Crippen LogP) is 6.70. The molecule has 0 N–H and O–H groups in total. The summed E-state index contributed by atoms with van der Waals surface area (Å²) in [5, 5.41) is 0.585. The van der Waals surface area contributed by atoms with Gasteiger partial charge in [0.2, 0.25) is 0 Å². The first kappa shape index (κ1) is 20.0. The van der Waals surface area contributed by atoms with Crippen molar-refractivity contribution >= 4 is 10.8 Å². The molecule has 30 heavy (non-hydrogen) atoms. The van der Waals surface area contributed by atoms with E-state index in [0.717, 1.165) is 31.7 Å². The van der Waals surface area contributed by atoms with Gasteiger partial charge in [-0.1, -0.05) is 24.0 Å². The highest BCUT2D eigenvalue weighted by Crippen LogP contribution is 2.36. The second-order valence-electron chi connectivity index (χ2n) is 7.62. The zero-order chi connectivity index (χ0) is 21.3. The smallest absolute Gasteiger partial charge is 0.166 e. The maximum absolute atomic E-state index is 14.6. The van der Waals surface area contributed by atoms with E-state index in [1.54, 1.807) is 6.07 Å². The van der Waals surface area contributed by atoms with Gasteiger partial charge in [-0.25, -0.2) is 17.6 Å². The van der Waals surface area contributed by atoms with E-state index in [0.29, 0.717) is 16.5 Å². The Bertz CT molecular complexity index is 1190. The largest absolute Gasteiger partial charge is 0.206 e. The number of hydrogen-bond acceptors (Lipinski definition) is 0. The first-order valence-corrected chi connectivity index (χ1v) is 9.81. The number of hydrogen-bond donors (Lipinski definition) is 0. The number of fused-ring (bicyclic) bond motifs is 1. The summed E-state index contributed by atoms with van der Waals surface area (Å²) in [6.45, 7) is 0. The Morgan fingerprint density at radius 1 is 0.767 bits per heavy atom. The van der Waals surface area contributed by atoms with E-state index in [9.17, 15) is 17.6 Å². The fourth-order valence-corrected chi connectivity index (χ4v) is 4.02. The van der Waals surface area contributed by atoms with Crippen molar-refractivity contribution in [1.82, 2.24) is 0 Å². The third-order valence-electron chi connectivity index (χ3n) is 5.74. The van der Waals surface area contributed by atoms with Gasteiger partial charge in [0.25, 0.3) is 0 Å². The molecule has 150 valence electrons. The van der Waals surface area contributed by atoms with Gasteiger partial charge in [-0.3, -0.25) is 0 Å². The Balaban J connectivity index is 1.60. The number of halogens is 4. The average molecular weight is 406 g/mol. The molecule has 1 fully saturated rings. The minimum atomic E-state index is -0.934. The average Bonchev–Trinajstić information content (AvgIpc) is 2.75. The summed E-state index contributed by atoms with van der Waals surface area (Å²) in [5.41, 5.74) is 0.777. The van der Waals surface area contributed by atoms with E-state index >= 15 is 0 Å². The molecule has 0 heterocycles. The summed E-state index contributed by atoms with van der Waals surface area (Å²) in [6, 6.07) is 9.62. The van der Waals surface area contributed by atoms with E-state index in [2.05, 4.69) is 17.8 Å². The van der Waals surface area contributed by atoms with Crippen molar-refractivity contribution < 1.29 is 17.6 Å². The summed E-state index contributed by atoms with van der Waals surface area (Å²) in [7, 11) is 0. The van der Waals surface area contributed by atoms with Crippen LogP contribution in [0.3, 0.4) is 0 Å². The van der Waals surface area contributed by atoms with Crippen molar-refractivity contribution in [3.63, 3.8) is 0 Å². The van der Waals surface area contributed by atoms with Gasteiger partial charge in [0.05, 0.1) is 5.56 Å². The summed E-state index contributed by atoms with van der Waals surface area (Å²) in [4.78, 5) is 0. The van der Waals surface area contributed by atoms with Gasteiger partial charge in [-0.15, -0.1) is 12.3 Å². The highest BCUT2D eigenvalue weighted by atomic mass is 19.2. The van der Waals surface area contributed by atoms with Crippen LogP contribution in [-0.4, -0.2) is 0 Å². The lowest BCUT2D eigenvalue weighted by Gasteiger charge is -2.26. The van der Waals surface area contributed by atoms with Crippen molar-refractivity contribution in [2.75, 3.05) is 0 Å². The van der Waals surface area contributed by atoms with Gasteiger partial charge in [0.1, 0.15) is 11.6 Å². The molecule has 0 atom stereocenters. The number of benzene rings is 3. The molecular formula is C26H18F4. The molecule has 0 spiro atoms. The lowest BCUT2D eigenvalue weighted by Crippen LogP contribution is -2.12. The van der Waals surface area contributed by atoms with Crippen LogP contribution < -0.4 is 0 Å². The maximum atomic E-state index is 14.6. The monoisotopic (exact) mass is 406 g/mol. The van der Waals surface area contributed by atoms with Crippen LogP contribution in [0.2, 0.25) is 0 Å². The topological polar surface area (TPSA) is 0 Å². The minimum Gasteiger partial charge on any atom is -0.206 e. The van der Waals surface area contributed by atoms with Crippen molar-refractivity contribution in [3.8, 4) is 24.2 Å². The number of rotatable bonds is 1. The van der Waals surface area contributed by atoms with E-state index in [1.807, 2.05) is 0 Å². The highest BCUT2D eigenvalue weighted by molar-refractivity contribution is 5.84. The van der Waals surface area contributed by atoms with Crippen molar-refractivity contribution in [2.24, 2.45) is 5.92 Å². The van der Waals surface area contributed by atoms with Crippen LogP contribution >= 0.6 is 0 Å². The molecule has 0 amide bonds. The molecule has 0 saturated heterocycles. The molecule has 0 aliphatic heterocycles. The molecule has 0 aromatic heterocycles. The van der Waals surface area contributed by atoms with Gasteiger partial charge in [0, 0.05) is 16.9 Å². The predicted molar refractivity (Wildman–Crippen MR) is 110 cm³/mol. The Morgan fingerprint density at radius 3 is 2.13 bits per heavy atom. The van der Waals surface area contributed by atoms with Crippen LogP contribution in [0.15, 0.2) is 42.5 Å². The zero-order valence-electron chi connectivity index (χ0n) is 16.1. The highest BCUT2D eigenvalue weighted by Gasteiger charge is 2.23. The van der Waals surface area contributed by atoms with Crippen LogP contribution in [0.5, 0.6) is 0 Å². The quantitative estimate of drug-likeness (QED) is 0.311. The van der Waals surface area contributed by atoms with Gasteiger partial charge in [0.15, 0.2) is 11.6 Å². The number of terminal acetylenes is 1. The standard InChI is InChI=1S/C26H18F4/c1-2-16-3-7-18(8-4-16)20-14-24(28)22(25(29)15-20)11-6-17-5-10-21-19(13-17)9-12-23(27)26(21)30/h1,5,9-10,12-16,18H,3-4,7-8H2. The molecule has 4 heteroatoms. The Labute approximate surface area is 172 Å². The summed E-state index contributed by atoms with van der Waals surface area (Å²) < 4.78 is 56.3. The minimum absolute atomic E-state index is 0.0939. The Morgan fingerprint density at radius 2 is 1.47 bits per heavy atom. The summed E-state index contributed by atoms with van der Waals surface area (Å²) in [5.74, 6) is 5.07. The van der Waals surface area contributed by atoms with Gasteiger partial charge in [-0.2, -0.15) is 0 Å². The van der Waals surface area contributed by atoms with Crippen LogP contribution in [0.1, 0.15) is 48.3 Å². The van der Waals surface area contributed by atoms with E-state index < -0.39 is 23.3 Å². The lowest BCUT2D eigenvalue weighted by atomic mass is 9.79. The summed E-state index contributed by atoms with van der Waals surface area (Å²) in [6.07, 6.45) is 8.81. The summed E-state index contributed by atoms with van der Waals surface area (Å²) >= 11 is 0. The third kappa shape index (κ3) is 3.91. The fourth-order valence-electron chi connectivity index (χ4n) is 4.02. The zero-order valence-corrected chi connectivity index (χ0v) is 16.1. The van der Waals surface area contributed by atoms with Crippen molar-refractivity contribution in [2.45, 2.75) is 31.6 Å². The van der Waals surface area contributed by atoms with Crippen LogP contribution in [-0.2, 0) is 0 Å². The molecule has 0 nitrogen and oxygen atoms in total. The van der Waals surface area contributed by atoms with Crippen LogP contribution in [0.4, 0.5) is 17.6 Å². The van der Waals surface area contributed by atoms with Crippen molar-refractivity contribution in [1.29, 1.82) is 0 Å². The molecular weight excluding hydrogens is 388 g/mol. The van der Waals surface area contributed by atoms with Gasteiger partial charge in [-0.05, 0) is 72.9 Å². The third-order valence-corrected chi connectivity index (χ3v) is 5.74. The first-order chi connectivity index (χ1) is 14.5. The molecule has 1 saturated carbocycles. The van der Waals surface area contributed by atoms with Crippen LogP contribution in [0.25, 0.3) is 10.8 Å². The molecule has 3 aromatic carbocycles. The lowest BCUT2D eigenvalue weighted by molar-refractivity contribution is 0.383. The van der Waals surface area contributed by atoms with E-state index in [1.165, 1.54) is 30.3 Å². The second kappa shape index (κ2) is 8.25. The Kier molecular flexibility index (Phi) is 5.51. The van der Waals surface area contributed by atoms with Crippen LogP contribution in [0, 0.1) is 53.4 Å². The SMILES string of the molecule is C#CC1CCC(c2cc(F)c(C#Cc3ccc4c(F)c(F)ccc4c3)c(F)c2)CC1. The molecule has 0 radical (unpaired) electrons. The molecule has 1 aliphatic rings. The van der Waals surface area contributed by atoms with Gasteiger partial charge < -0.3 is 0 Å².